The Kier molecular flexibility index (Phi) is 18.8. The van der Waals surface area contributed by atoms with Crippen LogP contribution < -0.4 is 15.4 Å². The smallest absolute Gasteiger partial charge is 0.296 e. The molecule has 8 aromatic rings. The van der Waals surface area contributed by atoms with Gasteiger partial charge in [0, 0.05) is 41.1 Å². The van der Waals surface area contributed by atoms with Crippen LogP contribution >= 0.6 is 23.1 Å². The van der Waals surface area contributed by atoms with Gasteiger partial charge in [0.15, 0.2) is 11.3 Å². The van der Waals surface area contributed by atoms with Crippen molar-refractivity contribution < 1.29 is 97.3 Å². The SMILES string of the molecule is CC(=O)Nc1cc(N=Nc2cc(OCCCS(=O)(=O)O)c(N=Nc3c(C)c(C#N)c4nc5c(NC(C)=O)ccc(S(=O)(=O)O)c5n4c3O)cc2C)c(SCCCS(=O)(=O)O)cc1N=Nc1nc2c(S(=O)(=O)O)cc3c(S(=O)(=O)O)cc(S(=O)(=O)O)cc3c2s1. The lowest BCUT2D eigenvalue weighted by Crippen LogP contribution is -2.08. The lowest BCUT2D eigenvalue weighted by atomic mass is 10.1. The van der Waals surface area contributed by atoms with Gasteiger partial charge in [-0.1, -0.05) is 11.3 Å². The average molecular weight is 1380 g/mol. The minimum Gasteiger partial charge on any atom is -0.493 e. The number of anilines is 2. The molecule has 0 saturated carbocycles. The van der Waals surface area contributed by atoms with Crippen molar-refractivity contribution in [2.24, 2.45) is 30.7 Å². The third kappa shape index (κ3) is 15.3. The summed E-state index contributed by atoms with van der Waals surface area (Å²) in [6, 6.07) is 10.7. The van der Waals surface area contributed by atoms with Gasteiger partial charge in [-0.2, -0.15) is 60.9 Å². The number of carbonyl (C=O) groups is 2. The number of azo groups is 3. The monoisotopic (exact) mass is 1380 g/mol. The number of nitrogens with zero attached hydrogens (tertiary/aromatic N) is 10. The highest BCUT2D eigenvalue weighted by atomic mass is 32.2. The molecule has 0 fully saturated rings. The van der Waals surface area contributed by atoms with Crippen LogP contribution in [0.2, 0.25) is 0 Å². The minimum absolute atomic E-state index is 0.00856. The van der Waals surface area contributed by atoms with E-state index in [-0.39, 0.29) is 95.9 Å². The van der Waals surface area contributed by atoms with E-state index in [2.05, 4.69) is 51.3 Å². The largest absolute Gasteiger partial charge is 0.493 e. The number of hydrogen-bond acceptors (Lipinski definition) is 27. The van der Waals surface area contributed by atoms with E-state index in [4.69, 9.17) is 4.74 Å². The number of aryl methyl sites for hydroxylation is 1. The highest BCUT2D eigenvalue weighted by Crippen LogP contribution is 2.46. The van der Waals surface area contributed by atoms with Crippen LogP contribution in [0.1, 0.15) is 43.4 Å². The molecule has 0 atom stereocenters. The Labute approximate surface area is 511 Å². The summed E-state index contributed by atoms with van der Waals surface area (Å²) < 4.78 is 212. The highest BCUT2D eigenvalue weighted by molar-refractivity contribution is 7.99. The van der Waals surface area contributed by atoms with Crippen molar-refractivity contribution in [1.29, 1.82) is 5.26 Å². The predicted molar refractivity (Wildman–Crippen MR) is 317 cm³/mol. The van der Waals surface area contributed by atoms with Gasteiger partial charge in [-0.3, -0.25) is 41.3 Å². The average Bonchev–Trinajstić information content (AvgIpc) is 1.65. The quantitative estimate of drug-likeness (QED) is 0.0133. The topological polar surface area (TPSA) is 542 Å². The van der Waals surface area contributed by atoms with Gasteiger partial charge in [0.05, 0.1) is 50.3 Å². The predicted octanol–water partition coefficient (Wildman–Crippen LogP) is 8.62. The number of aromatic hydroxyl groups is 1. The second-order valence-corrected chi connectivity index (χ2v) is 29.6. The van der Waals surface area contributed by atoms with Crippen molar-refractivity contribution >= 4 is 178 Å². The Morgan fingerprint density at radius 1 is 0.652 bits per heavy atom. The van der Waals surface area contributed by atoms with Gasteiger partial charge < -0.3 is 20.5 Å². The number of nitriles is 1. The number of carbonyl (C=O) groups excluding carboxylic acids is 2. The molecule has 42 heteroatoms. The van der Waals surface area contributed by atoms with Crippen LogP contribution in [0.5, 0.6) is 11.6 Å². The number of hydrogen-bond donors (Lipinski definition) is 9. The molecule has 0 spiro atoms. The van der Waals surface area contributed by atoms with Gasteiger partial charge in [-0.25, -0.2) is 9.97 Å². The summed E-state index contributed by atoms with van der Waals surface area (Å²) >= 11 is 1.38. The number of imidazole rings is 1. The maximum Gasteiger partial charge on any atom is 0.296 e. The van der Waals surface area contributed by atoms with Crippen LogP contribution in [0.25, 0.3) is 37.7 Å². The van der Waals surface area contributed by atoms with Gasteiger partial charge in [-0.15, -0.1) is 37.3 Å². The molecule has 0 saturated heterocycles. The molecule has 0 aliphatic carbocycles. The Hall–Kier alpha value is -8.16. The fraction of sp³-hybridized carbons (Fsp3) is 0.213. The Morgan fingerprint density at radius 3 is 1.87 bits per heavy atom. The number of rotatable bonds is 22. The summed E-state index contributed by atoms with van der Waals surface area (Å²) in [5, 5.41) is 51.1. The number of amides is 2. The number of thiazole rings is 1. The standard InChI is InChI=1S/C47H42N12O22S8/c1-21-13-33(55-57-40-22(2)28(20-48)45-51-41-29(49-23(3)60)7-8-37(87(72,73)74)43(41)59(45)46(40)62)35(81-9-5-11-84(63,64)65)18-30(21)53-56-34-17-31(50-24(4)61)32(19-36(34)82-10-6-12-85(66,67)68)54-58-47-52-42-39(89(78,79)80)16-26-27(44(42)83-47)14-25(86(69,70)71)15-38(26)88(75,76)77/h7-8,13-19,62H,5-6,9-12H2,1-4H3,(H,49,60)(H,50,61)(H,63,64,65)(H,66,67,68)(H,69,70,71)(H,72,73,74)(H,75,76,77)(H,78,79,80). The van der Waals surface area contributed by atoms with Crippen molar-refractivity contribution in [3.8, 4) is 17.7 Å². The number of pyridine rings is 1. The van der Waals surface area contributed by atoms with E-state index < -0.39 is 149 Å². The van der Waals surface area contributed by atoms with Crippen LogP contribution in [0.4, 0.5) is 44.9 Å². The first kappa shape index (κ1) is 66.8. The molecule has 0 unspecified atom stereocenters. The molecule has 8 rings (SSSR count). The zero-order chi connectivity index (χ0) is 65.7. The van der Waals surface area contributed by atoms with E-state index in [9.17, 15) is 97.8 Å². The van der Waals surface area contributed by atoms with Crippen molar-refractivity contribution in [3.63, 3.8) is 0 Å². The molecule has 3 aromatic heterocycles. The second-order valence-electron chi connectivity index (χ2n) is 18.7. The van der Waals surface area contributed by atoms with Crippen LogP contribution in [0.15, 0.2) is 110 Å². The normalized spacial score (nSPS) is 13.0. The van der Waals surface area contributed by atoms with Gasteiger partial charge in [0.2, 0.25) is 22.8 Å². The maximum atomic E-state index is 12.7. The minimum atomic E-state index is -5.37. The molecule has 89 heavy (non-hydrogen) atoms. The third-order valence-corrected chi connectivity index (χ3v) is 19.4. The molecule has 2 amide bonds. The molecule has 0 radical (unpaired) electrons. The van der Waals surface area contributed by atoms with E-state index in [1.54, 1.807) is 0 Å². The van der Waals surface area contributed by atoms with Crippen LogP contribution in [-0.2, 0) is 70.3 Å². The van der Waals surface area contributed by atoms with Crippen molar-refractivity contribution in [2.75, 3.05) is 34.5 Å². The second kappa shape index (κ2) is 25.0. The molecular formula is C47H42N12O22S8. The lowest BCUT2D eigenvalue weighted by Gasteiger charge is -2.13. The summed E-state index contributed by atoms with van der Waals surface area (Å²) in [5.74, 6) is -3.88. The molecule has 5 aromatic carbocycles. The summed E-state index contributed by atoms with van der Waals surface area (Å²) in [5.41, 5.74) is -2.88. The van der Waals surface area contributed by atoms with E-state index in [1.165, 1.54) is 38.1 Å². The zero-order valence-corrected chi connectivity index (χ0v) is 52.0. The summed E-state index contributed by atoms with van der Waals surface area (Å²) in [7, 11) is -29.9. The number of benzene rings is 5. The summed E-state index contributed by atoms with van der Waals surface area (Å²) in [4.78, 5) is 29.3. The molecule has 3 heterocycles. The van der Waals surface area contributed by atoms with Crippen LogP contribution in [-0.4, -0.2) is 133 Å². The number of nitrogens with one attached hydrogen (secondary N) is 2. The molecule has 0 aliphatic heterocycles. The van der Waals surface area contributed by atoms with Crippen molar-refractivity contribution in [1.82, 2.24) is 14.4 Å². The third-order valence-electron chi connectivity index (χ3n) is 12.2. The molecule has 34 nitrogen and oxygen atoms in total. The number of ether oxygens (including phenoxy) is 1. The number of thioether (sulfide) groups is 1. The Bertz CT molecular complexity index is 5220. The van der Waals surface area contributed by atoms with Gasteiger partial charge in [0.25, 0.3) is 60.7 Å². The Balaban J connectivity index is 1.26. The fourth-order valence-corrected chi connectivity index (χ4v) is 14.3. The summed E-state index contributed by atoms with van der Waals surface area (Å²) in [6.07, 6.45) is -0.448. The first-order valence-electron chi connectivity index (χ1n) is 24.4. The van der Waals surface area contributed by atoms with E-state index in [0.29, 0.717) is 23.5 Å². The number of fused-ring (bicyclic) bond motifs is 6. The first-order chi connectivity index (χ1) is 41.2. The van der Waals surface area contributed by atoms with E-state index in [0.717, 1.165) is 48.2 Å². The van der Waals surface area contributed by atoms with Crippen molar-refractivity contribution in [3.05, 3.63) is 71.3 Å². The molecule has 0 aliphatic rings. The molecule has 0 bridgehead atoms. The Morgan fingerprint density at radius 2 is 1.26 bits per heavy atom. The zero-order valence-electron chi connectivity index (χ0n) is 45.4. The van der Waals surface area contributed by atoms with Gasteiger partial charge >= 0.3 is 0 Å². The van der Waals surface area contributed by atoms with E-state index in [1.807, 2.05) is 6.07 Å². The van der Waals surface area contributed by atoms with Gasteiger partial charge in [-0.05, 0) is 86.5 Å². The lowest BCUT2D eigenvalue weighted by molar-refractivity contribution is -0.115. The first-order valence-corrected chi connectivity index (χ1v) is 35.2. The molecular weight excluding hydrogens is 1340 g/mol. The summed E-state index contributed by atoms with van der Waals surface area (Å²) in [6.45, 7) is 4.68. The molecule has 470 valence electrons. The maximum absolute atomic E-state index is 12.7. The number of aromatic nitrogens is 3. The van der Waals surface area contributed by atoms with Crippen LogP contribution in [0.3, 0.4) is 0 Å². The fourth-order valence-electron chi connectivity index (χ4n) is 8.48. The highest BCUT2D eigenvalue weighted by Gasteiger charge is 2.30. The molecule has 9 N–H and O–H groups in total. The van der Waals surface area contributed by atoms with Gasteiger partial charge in [0.1, 0.15) is 60.2 Å². The van der Waals surface area contributed by atoms with E-state index >= 15 is 0 Å². The van der Waals surface area contributed by atoms with Crippen LogP contribution in [0, 0.1) is 25.2 Å². The van der Waals surface area contributed by atoms with Crippen molar-refractivity contribution in [2.45, 2.75) is 65.0 Å².